The zero-order valence-corrected chi connectivity index (χ0v) is 14.2. The maximum absolute atomic E-state index is 11.9. The normalized spacial score (nSPS) is 11.1. The van der Waals surface area contributed by atoms with Gasteiger partial charge in [0, 0.05) is 0 Å². The van der Waals surface area contributed by atoms with Gasteiger partial charge in [0.05, 0.1) is 0 Å². The van der Waals surface area contributed by atoms with Gasteiger partial charge >= 0.3 is 96.5 Å². The van der Waals surface area contributed by atoms with E-state index in [1.165, 1.54) is 0 Å². The molecule has 0 saturated heterocycles. The number of hydrogen-bond acceptors (Lipinski definition) is 1. The molecular formula is C8H8BrCl2F3OZn. The number of rotatable bonds is 3. The standard InChI is InChI=1S/C7H7.CF3O.BrH.2ClH.Zn/c1-7-5-3-2-4-6-7;2-1(3,4)5;;;;/h2-6H,1H2;;3*1H;/q;-1;;;;+3/p-2. The van der Waals surface area contributed by atoms with Crippen LogP contribution in [-0.2, 0) is 21.7 Å². The summed E-state index contributed by atoms with van der Waals surface area (Å²) in [7, 11) is 11.2. The third kappa shape index (κ3) is 7.07. The van der Waals surface area contributed by atoms with Crippen LogP contribution in [0.15, 0.2) is 30.3 Å². The summed E-state index contributed by atoms with van der Waals surface area (Å²) in [6.45, 7) is 0. The molecule has 0 amide bonds. The first-order valence-electron chi connectivity index (χ1n) is 4.36. The molecule has 0 aliphatic rings. The summed E-state index contributed by atoms with van der Waals surface area (Å²) < 4.78 is 39.5. The van der Waals surface area contributed by atoms with E-state index in [1.807, 2.05) is 0 Å². The molecule has 0 aliphatic carbocycles. The predicted octanol–water partition coefficient (Wildman–Crippen LogP) is 4.68. The molecule has 0 aromatic heterocycles. The molecule has 1 aromatic carbocycles. The van der Waals surface area contributed by atoms with Crippen molar-refractivity contribution >= 4 is 36.4 Å². The van der Waals surface area contributed by atoms with Crippen LogP contribution in [0.5, 0.6) is 0 Å². The van der Waals surface area contributed by atoms with Crippen LogP contribution in [0, 0.1) is 0 Å². The van der Waals surface area contributed by atoms with Crippen molar-refractivity contribution < 1.29 is 29.9 Å². The van der Waals surface area contributed by atoms with Crippen molar-refractivity contribution in [2.45, 2.75) is 11.4 Å². The second-order valence-electron chi connectivity index (χ2n) is 3.23. The zero-order chi connectivity index (χ0) is 11.5. The maximum atomic E-state index is 11.9. The predicted molar refractivity (Wildman–Crippen MR) is 59.3 cm³/mol. The van der Waals surface area contributed by atoms with Crippen molar-refractivity contribution in [3.8, 4) is 0 Å². The summed E-state index contributed by atoms with van der Waals surface area (Å²) in [5.74, 6) is 0. The Hall–Kier alpha value is 0.653. The summed E-state index contributed by atoms with van der Waals surface area (Å²) in [6.07, 6.45) is -4.75. The minimum atomic E-state index is -4.75. The number of benzene rings is 1. The monoisotopic (exact) mass is 390 g/mol. The molecular weight excluding hydrogens is 385 g/mol. The van der Waals surface area contributed by atoms with E-state index in [0.717, 1.165) is 0 Å². The van der Waals surface area contributed by atoms with Gasteiger partial charge in [0.25, 0.3) is 0 Å². The van der Waals surface area contributed by atoms with Gasteiger partial charge in [0.15, 0.2) is 0 Å². The molecule has 0 N–H and O–H groups in total. The molecule has 0 heterocycles. The van der Waals surface area contributed by atoms with Gasteiger partial charge in [-0.2, -0.15) is 0 Å². The first-order valence-corrected chi connectivity index (χ1v) is 15.5. The van der Waals surface area contributed by atoms with Crippen LogP contribution in [0.25, 0.3) is 0 Å². The summed E-state index contributed by atoms with van der Waals surface area (Å²) in [5, 5.41) is -0.0209. The Morgan fingerprint density at radius 1 is 1.12 bits per heavy atom. The van der Waals surface area contributed by atoms with E-state index in [2.05, 4.69) is 3.56 Å². The topological polar surface area (TPSA) is 9.23 Å². The molecule has 0 radical (unpaired) electrons. The molecule has 0 atom stereocenters. The Balaban J connectivity index is 0.00000225. The van der Waals surface area contributed by atoms with Crippen molar-refractivity contribution in [3.63, 3.8) is 0 Å². The molecule has 0 unspecified atom stereocenters. The molecule has 8 heteroatoms. The van der Waals surface area contributed by atoms with Gasteiger partial charge in [0.1, 0.15) is 0 Å². The second-order valence-corrected chi connectivity index (χ2v) is 19.1. The van der Waals surface area contributed by atoms with E-state index in [1.54, 1.807) is 30.3 Å². The molecule has 90 valence electrons. The van der Waals surface area contributed by atoms with Crippen molar-refractivity contribution in [3.05, 3.63) is 35.9 Å². The van der Waals surface area contributed by atoms with Gasteiger partial charge in [-0.25, -0.2) is 0 Å². The van der Waals surface area contributed by atoms with Crippen molar-refractivity contribution in [1.82, 2.24) is 0 Å². The van der Waals surface area contributed by atoms with E-state index in [0.29, 0.717) is 5.56 Å². The summed E-state index contributed by atoms with van der Waals surface area (Å²) in [4.78, 5) is 0. The van der Waals surface area contributed by atoms with Crippen LogP contribution in [0.4, 0.5) is 13.2 Å². The number of halogens is 6. The van der Waals surface area contributed by atoms with Crippen LogP contribution < -0.4 is 0 Å². The van der Waals surface area contributed by atoms with Gasteiger partial charge in [-0.1, -0.05) is 0 Å². The first kappa shape index (κ1) is 16.7. The van der Waals surface area contributed by atoms with Gasteiger partial charge < -0.3 is 0 Å². The average Bonchev–Trinajstić information content (AvgIpc) is 1.99. The third-order valence-electron chi connectivity index (χ3n) is 1.80. The Labute approximate surface area is 113 Å². The molecule has 0 fully saturated rings. The molecule has 1 rings (SSSR count). The fourth-order valence-corrected chi connectivity index (χ4v) is 8.15. The molecule has 0 bridgehead atoms. The van der Waals surface area contributed by atoms with Gasteiger partial charge in [-0.15, -0.1) is 17.0 Å². The number of hydrogen-bond donors (Lipinski definition) is 0. The van der Waals surface area contributed by atoms with E-state index in [9.17, 15) is 13.2 Å². The fourth-order valence-electron chi connectivity index (χ4n) is 1.27. The van der Waals surface area contributed by atoms with Gasteiger partial charge in [-0.05, 0) is 0 Å². The number of alkyl halides is 3. The summed E-state index contributed by atoms with van der Waals surface area (Å²) >= 11 is -4.60. The SMILES string of the molecule is Br.FC(F)(F)[O][Zn]([Cl])([Cl])[CH2]c1ccccc1. The first-order chi connectivity index (χ1) is 6.79. The van der Waals surface area contributed by atoms with E-state index < -0.39 is 19.5 Å². The van der Waals surface area contributed by atoms with Crippen molar-refractivity contribution in [2.24, 2.45) is 0 Å². The third-order valence-corrected chi connectivity index (χ3v) is 8.90. The summed E-state index contributed by atoms with van der Waals surface area (Å²) in [5.41, 5.74) is 0.659. The fraction of sp³-hybridized carbons (Fsp3) is 0.250. The summed E-state index contributed by atoms with van der Waals surface area (Å²) in [6, 6.07) is 8.51. The van der Waals surface area contributed by atoms with Crippen molar-refractivity contribution in [2.75, 3.05) is 0 Å². The Morgan fingerprint density at radius 2 is 1.62 bits per heavy atom. The molecule has 1 nitrogen and oxygen atoms in total. The van der Waals surface area contributed by atoms with Crippen LogP contribution >= 0.6 is 36.4 Å². The molecule has 0 aliphatic heterocycles. The van der Waals surface area contributed by atoms with E-state index >= 15 is 0 Å². The van der Waals surface area contributed by atoms with Gasteiger partial charge in [0.2, 0.25) is 0 Å². The quantitative estimate of drug-likeness (QED) is 0.678. The minimum absolute atomic E-state index is 0. The van der Waals surface area contributed by atoms with Crippen molar-refractivity contribution in [1.29, 1.82) is 0 Å². The molecule has 16 heavy (non-hydrogen) atoms. The van der Waals surface area contributed by atoms with E-state index in [-0.39, 0.29) is 22.0 Å². The second kappa shape index (κ2) is 6.55. The van der Waals surface area contributed by atoms with Crippen LogP contribution in [0.3, 0.4) is 0 Å². The Kier molecular flexibility index (Phi) is 6.82. The Morgan fingerprint density at radius 3 is 2.06 bits per heavy atom. The molecule has 0 saturated carbocycles. The molecule has 0 spiro atoms. The van der Waals surface area contributed by atoms with Gasteiger partial charge in [-0.3, -0.25) is 0 Å². The zero-order valence-electron chi connectivity index (χ0n) is 8.01. The Bertz CT molecular complexity index is 321. The average molecular weight is 393 g/mol. The molecule has 1 aromatic rings. The van der Waals surface area contributed by atoms with Crippen LogP contribution in [0.1, 0.15) is 5.56 Å². The van der Waals surface area contributed by atoms with Crippen LogP contribution in [0.2, 0.25) is 0 Å². The van der Waals surface area contributed by atoms with Crippen LogP contribution in [-0.4, -0.2) is 6.36 Å². The van der Waals surface area contributed by atoms with E-state index in [4.69, 9.17) is 19.4 Å².